The topological polar surface area (TPSA) is 46.5 Å². The summed E-state index contributed by atoms with van der Waals surface area (Å²) in [4.78, 5) is 12.8. The first kappa shape index (κ1) is 13.8. The zero-order valence-corrected chi connectivity index (χ0v) is 11.7. The van der Waals surface area contributed by atoms with Crippen molar-refractivity contribution in [2.45, 2.75) is 9.79 Å². The number of halogens is 1. The van der Waals surface area contributed by atoms with Crippen LogP contribution in [0, 0.1) is 0 Å². The molecule has 0 radical (unpaired) electrons. The Kier molecular flexibility index (Phi) is 4.35. The molecule has 5 heteroatoms. The van der Waals surface area contributed by atoms with E-state index in [1.165, 1.54) is 24.9 Å². The van der Waals surface area contributed by atoms with E-state index >= 15 is 0 Å². The summed E-state index contributed by atoms with van der Waals surface area (Å²) in [5, 5.41) is 9.87. The van der Waals surface area contributed by atoms with E-state index in [4.69, 9.17) is 16.3 Å². The largest absolute Gasteiger partial charge is 0.497 e. The first-order valence-corrected chi connectivity index (χ1v) is 6.64. The van der Waals surface area contributed by atoms with Crippen LogP contribution in [0.4, 0.5) is 0 Å². The number of aromatic carboxylic acids is 1. The lowest BCUT2D eigenvalue weighted by molar-refractivity contribution is 0.0692. The van der Waals surface area contributed by atoms with Gasteiger partial charge < -0.3 is 9.84 Å². The Hall–Kier alpha value is -1.65. The number of benzene rings is 2. The molecule has 0 atom stereocenters. The van der Waals surface area contributed by atoms with Crippen molar-refractivity contribution in [2.75, 3.05) is 7.11 Å². The molecule has 0 bridgehead atoms. The fraction of sp³-hybridized carbons (Fsp3) is 0.0714. The van der Waals surface area contributed by atoms with Gasteiger partial charge in [-0.1, -0.05) is 23.4 Å². The molecule has 2 rings (SSSR count). The third-order valence-corrected chi connectivity index (χ3v) is 3.79. The number of carboxylic acids is 1. The summed E-state index contributed by atoms with van der Waals surface area (Å²) in [6, 6.07) is 12.2. The van der Waals surface area contributed by atoms with Crippen LogP contribution < -0.4 is 4.74 Å². The van der Waals surface area contributed by atoms with Crippen LogP contribution in [0.25, 0.3) is 0 Å². The molecule has 3 nitrogen and oxygen atoms in total. The molecule has 0 fully saturated rings. The number of methoxy groups -OCH3 is 1. The van der Waals surface area contributed by atoms with E-state index in [0.29, 0.717) is 15.7 Å². The van der Waals surface area contributed by atoms with Crippen LogP contribution >= 0.6 is 23.4 Å². The van der Waals surface area contributed by atoms with Gasteiger partial charge in [0.1, 0.15) is 5.75 Å². The van der Waals surface area contributed by atoms with Gasteiger partial charge in [0.05, 0.1) is 12.7 Å². The van der Waals surface area contributed by atoms with E-state index in [-0.39, 0.29) is 5.56 Å². The second-order valence-corrected chi connectivity index (χ2v) is 5.28. The van der Waals surface area contributed by atoms with Gasteiger partial charge in [-0.05, 0) is 42.5 Å². The molecule has 0 saturated heterocycles. The molecule has 0 aliphatic carbocycles. The fourth-order valence-electron chi connectivity index (χ4n) is 1.52. The lowest BCUT2D eigenvalue weighted by Gasteiger charge is -2.08. The van der Waals surface area contributed by atoms with Gasteiger partial charge in [0.15, 0.2) is 0 Å². The highest BCUT2D eigenvalue weighted by molar-refractivity contribution is 7.99. The van der Waals surface area contributed by atoms with Crippen molar-refractivity contribution in [1.29, 1.82) is 0 Å². The van der Waals surface area contributed by atoms with E-state index < -0.39 is 5.97 Å². The average molecular weight is 295 g/mol. The number of hydrogen-bond acceptors (Lipinski definition) is 3. The van der Waals surface area contributed by atoms with Gasteiger partial charge >= 0.3 is 5.97 Å². The Labute approximate surface area is 120 Å². The van der Waals surface area contributed by atoms with Crippen LogP contribution in [0.5, 0.6) is 5.75 Å². The molecular weight excluding hydrogens is 284 g/mol. The molecule has 19 heavy (non-hydrogen) atoms. The van der Waals surface area contributed by atoms with E-state index in [2.05, 4.69) is 0 Å². The minimum absolute atomic E-state index is 0.222. The van der Waals surface area contributed by atoms with E-state index in [9.17, 15) is 9.90 Å². The summed E-state index contributed by atoms with van der Waals surface area (Å²) < 4.78 is 5.04. The first-order valence-electron chi connectivity index (χ1n) is 5.45. The van der Waals surface area contributed by atoms with Gasteiger partial charge in [-0.25, -0.2) is 4.79 Å². The Morgan fingerprint density at radius 2 is 1.89 bits per heavy atom. The van der Waals surface area contributed by atoms with Crippen molar-refractivity contribution in [2.24, 2.45) is 0 Å². The van der Waals surface area contributed by atoms with Crippen molar-refractivity contribution >= 4 is 29.3 Å². The van der Waals surface area contributed by atoms with E-state index in [1.54, 1.807) is 24.3 Å². The quantitative estimate of drug-likeness (QED) is 0.918. The molecule has 0 aromatic heterocycles. The molecule has 0 amide bonds. The molecule has 2 aromatic rings. The van der Waals surface area contributed by atoms with Gasteiger partial charge in [0.25, 0.3) is 0 Å². The van der Waals surface area contributed by atoms with Crippen molar-refractivity contribution in [3.05, 3.63) is 53.1 Å². The zero-order valence-electron chi connectivity index (χ0n) is 10.1. The highest BCUT2D eigenvalue weighted by Crippen LogP contribution is 2.33. The van der Waals surface area contributed by atoms with E-state index in [1.807, 2.05) is 12.1 Å². The summed E-state index contributed by atoms with van der Waals surface area (Å²) in [5.41, 5.74) is 0.222. The lowest BCUT2D eigenvalue weighted by atomic mass is 10.2. The van der Waals surface area contributed by atoms with Crippen LogP contribution in [0.2, 0.25) is 5.02 Å². The van der Waals surface area contributed by atoms with Crippen molar-refractivity contribution < 1.29 is 14.6 Å². The number of rotatable bonds is 4. The Balaban J connectivity index is 2.33. The minimum Gasteiger partial charge on any atom is -0.497 e. The van der Waals surface area contributed by atoms with Crippen LogP contribution in [-0.4, -0.2) is 18.2 Å². The number of ether oxygens (including phenoxy) is 1. The maximum absolute atomic E-state index is 11.2. The molecule has 98 valence electrons. The molecular formula is C14H11ClO3S. The number of carboxylic acid groups (broad SMARTS) is 1. The third kappa shape index (κ3) is 3.43. The van der Waals surface area contributed by atoms with E-state index in [0.717, 1.165) is 4.90 Å². The molecule has 0 spiro atoms. The Bertz CT molecular complexity index is 596. The monoisotopic (exact) mass is 294 g/mol. The standard InChI is InChI=1S/C14H11ClO3S/c1-18-10-4-7-13(12(8-10)14(16)17)19-11-5-2-9(15)3-6-11/h2-8H,1H3,(H,16,17). The molecule has 0 heterocycles. The number of hydrogen-bond donors (Lipinski definition) is 1. The highest BCUT2D eigenvalue weighted by atomic mass is 35.5. The Morgan fingerprint density at radius 1 is 1.21 bits per heavy atom. The maximum atomic E-state index is 11.2. The second-order valence-electron chi connectivity index (χ2n) is 3.72. The first-order chi connectivity index (χ1) is 9.10. The molecule has 1 N–H and O–H groups in total. The Morgan fingerprint density at radius 3 is 2.47 bits per heavy atom. The summed E-state index contributed by atoms with van der Waals surface area (Å²) in [6.07, 6.45) is 0. The van der Waals surface area contributed by atoms with Gasteiger partial charge in [-0.3, -0.25) is 0 Å². The minimum atomic E-state index is -0.977. The maximum Gasteiger partial charge on any atom is 0.336 e. The summed E-state index contributed by atoms with van der Waals surface area (Å²) >= 11 is 7.19. The SMILES string of the molecule is COc1ccc(Sc2ccc(Cl)cc2)c(C(=O)O)c1. The highest BCUT2D eigenvalue weighted by Gasteiger charge is 2.12. The average Bonchev–Trinajstić information content (AvgIpc) is 2.41. The summed E-state index contributed by atoms with van der Waals surface area (Å²) in [7, 11) is 1.51. The van der Waals surface area contributed by atoms with Gasteiger partial charge in [0.2, 0.25) is 0 Å². The van der Waals surface area contributed by atoms with Crippen LogP contribution in [0.1, 0.15) is 10.4 Å². The van der Waals surface area contributed by atoms with Crippen LogP contribution in [0.15, 0.2) is 52.3 Å². The predicted molar refractivity (Wildman–Crippen MR) is 75.5 cm³/mol. The molecule has 0 aliphatic heterocycles. The molecule has 0 saturated carbocycles. The third-order valence-electron chi connectivity index (χ3n) is 2.46. The lowest BCUT2D eigenvalue weighted by Crippen LogP contribution is -1.99. The fourth-order valence-corrected chi connectivity index (χ4v) is 2.57. The molecule has 0 unspecified atom stereocenters. The summed E-state index contributed by atoms with van der Waals surface area (Å²) in [5.74, 6) is -0.451. The van der Waals surface area contributed by atoms with Crippen molar-refractivity contribution in [3.8, 4) is 5.75 Å². The van der Waals surface area contributed by atoms with Gasteiger partial charge in [-0.2, -0.15) is 0 Å². The van der Waals surface area contributed by atoms with Crippen molar-refractivity contribution in [1.82, 2.24) is 0 Å². The predicted octanol–water partition coefficient (Wildman–Crippen LogP) is 4.20. The zero-order chi connectivity index (χ0) is 13.8. The van der Waals surface area contributed by atoms with Gasteiger partial charge in [-0.15, -0.1) is 0 Å². The van der Waals surface area contributed by atoms with Crippen molar-refractivity contribution in [3.63, 3.8) is 0 Å². The van der Waals surface area contributed by atoms with Crippen LogP contribution in [-0.2, 0) is 0 Å². The van der Waals surface area contributed by atoms with Crippen LogP contribution in [0.3, 0.4) is 0 Å². The molecule has 0 aliphatic rings. The molecule has 2 aromatic carbocycles. The smallest absolute Gasteiger partial charge is 0.336 e. The number of carbonyl (C=O) groups is 1. The summed E-state index contributed by atoms with van der Waals surface area (Å²) in [6.45, 7) is 0. The normalized spacial score (nSPS) is 10.2. The second kappa shape index (κ2) is 5.99. The van der Waals surface area contributed by atoms with Gasteiger partial charge in [0, 0.05) is 14.8 Å².